The molecule has 2 aromatic heterocycles. The number of amides is 2. The third kappa shape index (κ3) is 3.94. The Morgan fingerprint density at radius 1 is 1.12 bits per heavy atom. The summed E-state index contributed by atoms with van der Waals surface area (Å²) in [7, 11) is 0. The Bertz CT molecular complexity index is 848. The van der Waals surface area contributed by atoms with Crippen molar-refractivity contribution < 1.29 is 13.6 Å². The summed E-state index contributed by atoms with van der Waals surface area (Å²) in [6, 6.07) is 2.65. The Balaban J connectivity index is 1.57. The van der Waals surface area contributed by atoms with Gasteiger partial charge in [0.25, 0.3) is 0 Å². The SMILES string of the molecule is O=C(NCCn1ccnc1-c1cnccn1)Nc1c(F)cccc1F. The first kappa shape index (κ1) is 16.5. The highest BCUT2D eigenvalue weighted by Crippen LogP contribution is 2.17. The number of hydrogen-bond acceptors (Lipinski definition) is 4. The number of imidazole rings is 1. The lowest BCUT2D eigenvalue weighted by Crippen LogP contribution is -2.32. The summed E-state index contributed by atoms with van der Waals surface area (Å²) in [4.78, 5) is 24.2. The van der Waals surface area contributed by atoms with Crippen molar-refractivity contribution >= 4 is 11.7 Å². The van der Waals surface area contributed by atoms with Gasteiger partial charge in [0.05, 0.1) is 6.20 Å². The number of urea groups is 1. The van der Waals surface area contributed by atoms with Crippen molar-refractivity contribution in [2.45, 2.75) is 6.54 Å². The van der Waals surface area contributed by atoms with Crippen LogP contribution in [0.4, 0.5) is 19.3 Å². The molecule has 0 aliphatic heterocycles. The predicted molar refractivity (Wildman–Crippen MR) is 86.6 cm³/mol. The van der Waals surface area contributed by atoms with E-state index in [0.29, 0.717) is 18.1 Å². The van der Waals surface area contributed by atoms with E-state index in [1.807, 2.05) is 0 Å². The Hall–Kier alpha value is -3.36. The van der Waals surface area contributed by atoms with Crippen LogP contribution < -0.4 is 10.6 Å². The summed E-state index contributed by atoms with van der Waals surface area (Å²) in [5.41, 5.74) is 0.119. The molecule has 0 radical (unpaired) electrons. The topological polar surface area (TPSA) is 84.7 Å². The van der Waals surface area contributed by atoms with E-state index in [9.17, 15) is 13.6 Å². The highest BCUT2D eigenvalue weighted by atomic mass is 19.1. The number of hydrogen-bond donors (Lipinski definition) is 2. The molecule has 0 aliphatic rings. The lowest BCUT2D eigenvalue weighted by atomic mass is 10.3. The van der Waals surface area contributed by atoms with E-state index in [2.05, 4.69) is 25.6 Å². The second-order valence-corrected chi connectivity index (χ2v) is 5.01. The maximum Gasteiger partial charge on any atom is 0.319 e. The van der Waals surface area contributed by atoms with Crippen molar-refractivity contribution in [1.82, 2.24) is 24.8 Å². The van der Waals surface area contributed by atoms with Crippen molar-refractivity contribution in [2.75, 3.05) is 11.9 Å². The number of benzene rings is 1. The number of anilines is 1. The van der Waals surface area contributed by atoms with E-state index >= 15 is 0 Å². The zero-order valence-electron chi connectivity index (χ0n) is 13.0. The second kappa shape index (κ2) is 7.47. The van der Waals surface area contributed by atoms with E-state index in [-0.39, 0.29) is 6.54 Å². The van der Waals surface area contributed by atoms with Crippen LogP contribution in [0.2, 0.25) is 0 Å². The lowest BCUT2D eigenvalue weighted by Gasteiger charge is -2.10. The highest BCUT2D eigenvalue weighted by Gasteiger charge is 2.12. The molecule has 128 valence electrons. The van der Waals surface area contributed by atoms with E-state index in [1.54, 1.807) is 35.6 Å². The summed E-state index contributed by atoms with van der Waals surface area (Å²) in [5.74, 6) is -1.07. The molecule has 1 aromatic carbocycles. The average molecular weight is 344 g/mol. The lowest BCUT2D eigenvalue weighted by molar-refractivity contribution is 0.251. The number of halogens is 2. The summed E-state index contributed by atoms with van der Waals surface area (Å²) < 4.78 is 28.8. The summed E-state index contributed by atoms with van der Waals surface area (Å²) in [6.45, 7) is 0.630. The zero-order chi connectivity index (χ0) is 17.6. The normalized spacial score (nSPS) is 10.5. The summed E-state index contributed by atoms with van der Waals surface area (Å²) in [6.07, 6.45) is 8.05. The van der Waals surface area contributed by atoms with E-state index < -0.39 is 23.4 Å². The van der Waals surface area contributed by atoms with Crippen LogP contribution in [0.3, 0.4) is 0 Å². The molecule has 0 bridgehead atoms. The molecule has 9 heteroatoms. The van der Waals surface area contributed by atoms with Gasteiger partial charge in [0.1, 0.15) is 23.0 Å². The van der Waals surface area contributed by atoms with E-state index in [4.69, 9.17) is 0 Å². The number of carbonyl (C=O) groups is 1. The van der Waals surface area contributed by atoms with Crippen molar-refractivity contribution in [1.29, 1.82) is 0 Å². The number of nitrogens with zero attached hydrogens (tertiary/aromatic N) is 4. The molecule has 0 atom stereocenters. The number of rotatable bonds is 5. The van der Waals surface area contributed by atoms with Gasteiger partial charge in [0.15, 0.2) is 5.82 Å². The summed E-state index contributed by atoms with van der Waals surface area (Å²) in [5, 5.41) is 4.69. The Morgan fingerprint density at radius 3 is 2.64 bits per heavy atom. The van der Waals surface area contributed by atoms with Crippen molar-refractivity contribution in [2.24, 2.45) is 0 Å². The number of para-hydroxylation sites is 1. The zero-order valence-corrected chi connectivity index (χ0v) is 13.0. The Morgan fingerprint density at radius 2 is 1.92 bits per heavy atom. The minimum absolute atomic E-state index is 0.228. The van der Waals surface area contributed by atoms with Crippen molar-refractivity contribution in [3.63, 3.8) is 0 Å². The van der Waals surface area contributed by atoms with Gasteiger partial charge in [-0.05, 0) is 12.1 Å². The molecular formula is C16H14F2N6O. The Kier molecular flexibility index (Phi) is 4.93. The molecule has 25 heavy (non-hydrogen) atoms. The molecule has 0 aliphatic carbocycles. The average Bonchev–Trinajstić information content (AvgIpc) is 3.08. The van der Waals surface area contributed by atoms with Gasteiger partial charge in [-0.2, -0.15) is 0 Å². The van der Waals surface area contributed by atoms with Crippen LogP contribution in [-0.4, -0.2) is 32.1 Å². The maximum atomic E-state index is 13.5. The van der Waals surface area contributed by atoms with E-state index in [1.165, 1.54) is 6.07 Å². The fourth-order valence-electron chi connectivity index (χ4n) is 2.20. The molecule has 2 heterocycles. The number of nitrogens with one attached hydrogen (secondary N) is 2. The van der Waals surface area contributed by atoms with Gasteiger partial charge in [0.2, 0.25) is 0 Å². The van der Waals surface area contributed by atoms with Gasteiger partial charge < -0.3 is 15.2 Å². The molecule has 0 spiro atoms. The minimum Gasteiger partial charge on any atom is -0.336 e. The second-order valence-electron chi connectivity index (χ2n) is 5.01. The molecule has 3 rings (SSSR count). The molecule has 2 N–H and O–H groups in total. The van der Waals surface area contributed by atoms with Gasteiger partial charge in [-0.15, -0.1) is 0 Å². The first-order valence-corrected chi connectivity index (χ1v) is 7.41. The van der Waals surface area contributed by atoms with Crippen LogP contribution in [0.15, 0.2) is 49.2 Å². The van der Waals surface area contributed by atoms with Crippen LogP contribution in [0, 0.1) is 11.6 Å². The number of aromatic nitrogens is 4. The monoisotopic (exact) mass is 344 g/mol. The quantitative estimate of drug-likeness (QED) is 0.744. The fraction of sp³-hybridized carbons (Fsp3) is 0.125. The largest absolute Gasteiger partial charge is 0.336 e. The molecule has 3 aromatic rings. The van der Waals surface area contributed by atoms with Crippen molar-refractivity contribution in [3.05, 3.63) is 60.8 Å². The molecule has 2 amide bonds. The molecule has 0 fully saturated rings. The minimum atomic E-state index is -0.838. The molecular weight excluding hydrogens is 330 g/mol. The standard InChI is InChI=1S/C16H14F2N6O/c17-11-2-1-3-12(18)14(11)23-16(25)22-7-9-24-8-6-21-15(24)13-10-19-4-5-20-13/h1-6,8,10H,7,9H2,(H2,22,23,25). The van der Waals surface area contributed by atoms with Gasteiger partial charge >= 0.3 is 6.03 Å². The molecule has 0 saturated heterocycles. The fourth-order valence-corrected chi connectivity index (χ4v) is 2.20. The highest BCUT2D eigenvalue weighted by molar-refractivity contribution is 5.89. The van der Waals surface area contributed by atoms with Crippen LogP contribution in [0.1, 0.15) is 0 Å². The van der Waals surface area contributed by atoms with Gasteiger partial charge in [-0.1, -0.05) is 6.07 Å². The van der Waals surface area contributed by atoms with Gasteiger partial charge in [-0.3, -0.25) is 4.98 Å². The van der Waals surface area contributed by atoms with Crippen LogP contribution >= 0.6 is 0 Å². The predicted octanol–water partition coefficient (Wildman–Crippen LogP) is 2.44. The molecule has 0 saturated carbocycles. The van der Waals surface area contributed by atoms with Crippen LogP contribution in [-0.2, 0) is 6.54 Å². The van der Waals surface area contributed by atoms with Gasteiger partial charge in [0, 0.05) is 37.9 Å². The van der Waals surface area contributed by atoms with E-state index in [0.717, 1.165) is 12.1 Å². The van der Waals surface area contributed by atoms with Crippen LogP contribution in [0.25, 0.3) is 11.5 Å². The number of carbonyl (C=O) groups excluding carboxylic acids is 1. The molecule has 7 nitrogen and oxygen atoms in total. The van der Waals surface area contributed by atoms with Crippen molar-refractivity contribution in [3.8, 4) is 11.5 Å². The third-order valence-electron chi connectivity index (χ3n) is 3.35. The Labute approximate surface area is 141 Å². The third-order valence-corrected chi connectivity index (χ3v) is 3.35. The van der Waals surface area contributed by atoms with Gasteiger partial charge in [-0.25, -0.2) is 23.5 Å². The smallest absolute Gasteiger partial charge is 0.319 e. The first-order valence-electron chi connectivity index (χ1n) is 7.41. The van der Waals surface area contributed by atoms with Crippen LogP contribution in [0.5, 0.6) is 0 Å². The molecule has 0 unspecified atom stereocenters. The first-order chi connectivity index (χ1) is 12.1. The summed E-state index contributed by atoms with van der Waals surface area (Å²) >= 11 is 0. The maximum absolute atomic E-state index is 13.5.